The monoisotopic (exact) mass is 341 g/mol. The van der Waals surface area contributed by atoms with Crippen molar-refractivity contribution in [2.24, 2.45) is 5.41 Å². The Hall–Kier alpha value is -1.36. The highest BCUT2D eigenvalue weighted by atomic mass is 79.9. The predicted octanol–water partition coefficient (Wildman–Crippen LogP) is 3.46. The lowest BCUT2D eigenvalue weighted by Gasteiger charge is -2.21. The first-order valence-electron chi connectivity index (χ1n) is 6.49. The summed E-state index contributed by atoms with van der Waals surface area (Å²) in [6, 6.07) is 6.08. The second-order valence-corrected chi connectivity index (χ2v) is 6.80. The van der Waals surface area contributed by atoms with Gasteiger partial charge in [0.2, 0.25) is 0 Å². The third kappa shape index (κ3) is 5.33. The first-order valence-corrected chi connectivity index (χ1v) is 7.28. The molecule has 20 heavy (non-hydrogen) atoms. The molecule has 1 rings (SSSR count). The Bertz CT molecular complexity index is 494. The molecule has 0 fully saturated rings. The summed E-state index contributed by atoms with van der Waals surface area (Å²) in [7, 11) is 0. The number of nitrogens with one attached hydrogen (secondary N) is 1. The van der Waals surface area contributed by atoms with Crippen molar-refractivity contribution >= 4 is 27.8 Å². The summed E-state index contributed by atoms with van der Waals surface area (Å²) < 4.78 is 0.650. The zero-order valence-corrected chi connectivity index (χ0v) is 13.5. The lowest BCUT2D eigenvalue weighted by Crippen LogP contribution is -2.41. The maximum Gasteiger partial charge on any atom is 0.326 e. The molecule has 0 spiro atoms. The number of carbonyl (C=O) groups is 2. The average molecular weight is 342 g/mol. The standard InChI is InChI=1S/C15H20BrNO3/c1-15(2,3)9-8-12(14(19)20)17-13(18)10-6-4-5-7-11(10)16/h4-7,12H,8-9H2,1-3H3,(H,17,18)(H,19,20). The Kier molecular flexibility index (Phi) is 5.74. The third-order valence-electron chi connectivity index (χ3n) is 2.90. The zero-order valence-electron chi connectivity index (χ0n) is 11.9. The van der Waals surface area contributed by atoms with E-state index in [-0.39, 0.29) is 11.3 Å². The molecule has 4 nitrogen and oxygen atoms in total. The van der Waals surface area contributed by atoms with Crippen LogP contribution in [0.1, 0.15) is 44.0 Å². The largest absolute Gasteiger partial charge is 0.480 e. The van der Waals surface area contributed by atoms with Crippen molar-refractivity contribution in [3.05, 3.63) is 34.3 Å². The minimum Gasteiger partial charge on any atom is -0.480 e. The van der Waals surface area contributed by atoms with Crippen LogP contribution in [0.4, 0.5) is 0 Å². The fraction of sp³-hybridized carbons (Fsp3) is 0.467. The molecule has 0 saturated carbocycles. The number of aliphatic carboxylic acids is 1. The Morgan fingerprint density at radius 1 is 1.30 bits per heavy atom. The van der Waals surface area contributed by atoms with Gasteiger partial charge in [0.15, 0.2) is 0 Å². The molecule has 1 amide bonds. The molecule has 110 valence electrons. The Morgan fingerprint density at radius 3 is 2.40 bits per heavy atom. The van der Waals surface area contributed by atoms with Crippen LogP contribution in [0.25, 0.3) is 0 Å². The Balaban J connectivity index is 2.74. The molecule has 0 saturated heterocycles. The van der Waals surface area contributed by atoms with Crippen LogP contribution in [0.5, 0.6) is 0 Å². The van der Waals surface area contributed by atoms with Crippen molar-refractivity contribution in [3.8, 4) is 0 Å². The van der Waals surface area contributed by atoms with Crippen molar-refractivity contribution in [1.82, 2.24) is 5.32 Å². The van der Waals surface area contributed by atoms with Gasteiger partial charge in [0, 0.05) is 4.47 Å². The molecule has 1 atom stereocenters. The summed E-state index contributed by atoms with van der Waals surface area (Å²) in [4.78, 5) is 23.3. The highest BCUT2D eigenvalue weighted by Crippen LogP contribution is 2.22. The Morgan fingerprint density at radius 2 is 1.90 bits per heavy atom. The molecule has 0 aromatic heterocycles. The number of carbonyl (C=O) groups excluding carboxylic acids is 1. The predicted molar refractivity (Wildman–Crippen MR) is 81.7 cm³/mol. The topological polar surface area (TPSA) is 66.4 Å². The van der Waals surface area contributed by atoms with Crippen molar-refractivity contribution in [2.75, 3.05) is 0 Å². The van der Waals surface area contributed by atoms with Gasteiger partial charge in [0.25, 0.3) is 5.91 Å². The first kappa shape index (κ1) is 16.7. The van der Waals surface area contributed by atoms with E-state index >= 15 is 0 Å². The second-order valence-electron chi connectivity index (χ2n) is 5.94. The van der Waals surface area contributed by atoms with Gasteiger partial charge in [0.05, 0.1) is 5.56 Å². The number of carboxylic acid groups (broad SMARTS) is 1. The normalized spacial score (nSPS) is 12.8. The zero-order chi connectivity index (χ0) is 15.3. The molecule has 0 radical (unpaired) electrons. The van der Waals surface area contributed by atoms with E-state index in [2.05, 4.69) is 21.2 Å². The Labute approximate surface area is 127 Å². The van der Waals surface area contributed by atoms with E-state index in [9.17, 15) is 14.7 Å². The highest BCUT2D eigenvalue weighted by Gasteiger charge is 2.23. The highest BCUT2D eigenvalue weighted by molar-refractivity contribution is 9.10. The molecule has 1 unspecified atom stereocenters. The average Bonchev–Trinajstić information content (AvgIpc) is 2.33. The molecule has 5 heteroatoms. The molecule has 0 aliphatic carbocycles. The van der Waals surface area contributed by atoms with Crippen molar-refractivity contribution < 1.29 is 14.7 Å². The van der Waals surface area contributed by atoms with Crippen LogP contribution in [0, 0.1) is 5.41 Å². The number of carboxylic acids is 1. The van der Waals surface area contributed by atoms with Gasteiger partial charge in [-0.3, -0.25) is 4.79 Å². The van der Waals surface area contributed by atoms with Crippen molar-refractivity contribution in [2.45, 2.75) is 39.7 Å². The van der Waals surface area contributed by atoms with Crippen LogP contribution in [-0.2, 0) is 4.79 Å². The maximum absolute atomic E-state index is 12.1. The van der Waals surface area contributed by atoms with E-state index < -0.39 is 12.0 Å². The molecule has 0 aliphatic heterocycles. The van der Waals surface area contributed by atoms with Crippen LogP contribution in [-0.4, -0.2) is 23.0 Å². The third-order valence-corrected chi connectivity index (χ3v) is 3.60. The number of hydrogen-bond donors (Lipinski definition) is 2. The molecule has 2 N–H and O–H groups in total. The van der Waals surface area contributed by atoms with E-state index in [1.54, 1.807) is 24.3 Å². The maximum atomic E-state index is 12.1. The number of rotatable bonds is 5. The molecular weight excluding hydrogens is 322 g/mol. The SMILES string of the molecule is CC(C)(C)CCC(NC(=O)c1ccccc1Br)C(=O)O. The van der Waals surface area contributed by atoms with E-state index in [4.69, 9.17) is 0 Å². The van der Waals surface area contributed by atoms with Crippen LogP contribution in [0.2, 0.25) is 0 Å². The first-order chi connectivity index (χ1) is 9.20. The van der Waals surface area contributed by atoms with Gasteiger partial charge in [-0.25, -0.2) is 4.79 Å². The lowest BCUT2D eigenvalue weighted by atomic mass is 9.88. The minimum atomic E-state index is -1.00. The van der Waals surface area contributed by atoms with E-state index in [1.165, 1.54) is 0 Å². The second kappa shape index (κ2) is 6.88. The van der Waals surface area contributed by atoms with Crippen LogP contribution in [0.15, 0.2) is 28.7 Å². The number of benzene rings is 1. The van der Waals surface area contributed by atoms with Crippen molar-refractivity contribution in [1.29, 1.82) is 0 Å². The van der Waals surface area contributed by atoms with Gasteiger partial charge in [-0.05, 0) is 46.3 Å². The summed E-state index contributed by atoms with van der Waals surface area (Å²) in [5.74, 6) is -1.38. The molecular formula is C15H20BrNO3. The van der Waals surface area contributed by atoms with Crippen LogP contribution >= 0.6 is 15.9 Å². The molecule has 0 bridgehead atoms. The summed E-state index contributed by atoms with van der Waals surface area (Å²) in [6.07, 6.45) is 1.13. The summed E-state index contributed by atoms with van der Waals surface area (Å²) in [6.45, 7) is 6.13. The number of hydrogen-bond acceptors (Lipinski definition) is 2. The van der Waals surface area contributed by atoms with Crippen LogP contribution in [0.3, 0.4) is 0 Å². The minimum absolute atomic E-state index is 0.0335. The van der Waals surface area contributed by atoms with E-state index in [1.807, 2.05) is 20.8 Å². The van der Waals surface area contributed by atoms with Gasteiger partial charge >= 0.3 is 5.97 Å². The smallest absolute Gasteiger partial charge is 0.326 e. The van der Waals surface area contributed by atoms with Crippen molar-refractivity contribution in [3.63, 3.8) is 0 Å². The molecule has 0 aliphatic rings. The fourth-order valence-electron chi connectivity index (χ4n) is 1.72. The number of amides is 1. The summed E-state index contributed by atoms with van der Waals surface area (Å²) >= 11 is 3.29. The van der Waals surface area contributed by atoms with Gasteiger partial charge < -0.3 is 10.4 Å². The fourth-order valence-corrected chi connectivity index (χ4v) is 2.18. The molecule has 0 heterocycles. The van der Waals surface area contributed by atoms with Crippen LogP contribution < -0.4 is 5.32 Å². The van der Waals surface area contributed by atoms with E-state index in [0.717, 1.165) is 6.42 Å². The number of halogens is 1. The van der Waals surface area contributed by atoms with Gasteiger partial charge in [-0.1, -0.05) is 32.9 Å². The van der Waals surface area contributed by atoms with Gasteiger partial charge in [-0.15, -0.1) is 0 Å². The summed E-state index contributed by atoms with van der Waals surface area (Å²) in [5.41, 5.74) is 0.473. The van der Waals surface area contributed by atoms with Gasteiger partial charge in [-0.2, -0.15) is 0 Å². The van der Waals surface area contributed by atoms with E-state index in [0.29, 0.717) is 16.5 Å². The lowest BCUT2D eigenvalue weighted by molar-refractivity contribution is -0.139. The molecule has 1 aromatic carbocycles. The summed E-state index contributed by atoms with van der Waals surface area (Å²) in [5, 5.41) is 11.8. The quantitative estimate of drug-likeness (QED) is 0.861. The van der Waals surface area contributed by atoms with Gasteiger partial charge in [0.1, 0.15) is 6.04 Å². The molecule has 1 aromatic rings.